The van der Waals surface area contributed by atoms with Gasteiger partial charge in [0.15, 0.2) is 5.58 Å². The van der Waals surface area contributed by atoms with Crippen LogP contribution in [0.15, 0.2) is 83.5 Å². The summed E-state index contributed by atoms with van der Waals surface area (Å²) in [6, 6.07) is 19.9. The van der Waals surface area contributed by atoms with Crippen LogP contribution in [0.4, 0.5) is 5.69 Å². The van der Waals surface area contributed by atoms with Gasteiger partial charge < -0.3 is 14.8 Å². The Kier molecular flexibility index (Phi) is 3.95. The zero-order valence-corrected chi connectivity index (χ0v) is 15.2. The number of pyridine rings is 1. The number of hydrogen-bond acceptors (Lipinski definition) is 5. The maximum atomic E-state index is 12.7. The molecule has 0 atom stereocenters. The van der Waals surface area contributed by atoms with Gasteiger partial charge in [-0.3, -0.25) is 9.78 Å². The predicted molar refractivity (Wildman–Crippen MR) is 111 cm³/mol. The van der Waals surface area contributed by atoms with Crippen LogP contribution in [0.3, 0.4) is 0 Å². The van der Waals surface area contributed by atoms with E-state index in [0.717, 1.165) is 10.8 Å². The molecule has 29 heavy (non-hydrogen) atoms. The van der Waals surface area contributed by atoms with Gasteiger partial charge in [-0.1, -0.05) is 30.3 Å². The van der Waals surface area contributed by atoms with Crippen molar-refractivity contribution in [2.75, 3.05) is 5.32 Å². The smallest absolute Gasteiger partial charge is 0.255 e. The topological polar surface area (TPSA) is 88.2 Å². The molecule has 0 aliphatic heterocycles. The fourth-order valence-corrected chi connectivity index (χ4v) is 3.21. The standard InChI is InChI=1S/C23H15N3O3/c27-20-8-7-17(12-18(20)23-26-19-13-24-10-9-21(19)29-23)25-22(28)16-6-5-14-3-1-2-4-15(14)11-16/h1-13,27H,(H,25,28). The number of hydrogen-bond donors (Lipinski definition) is 2. The Morgan fingerprint density at radius 2 is 1.83 bits per heavy atom. The number of carbonyl (C=O) groups excluding carboxylic acids is 1. The van der Waals surface area contributed by atoms with E-state index in [-0.39, 0.29) is 17.5 Å². The first-order valence-corrected chi connectivity index (χ1v) is 9.01. The summed E-state index contributed by atoms with van der Waals surface area (Å²) in [4.78, 5) is 21.1. The van der Waals surface area contributed by atoms with Crippen LogP contribution >= 0.6 is 0 Å². The molecule has 6 heteroatoms. The zero-order valence-electron chi connectivity index (χ0n) is 15.2. The molecule has 0 unspecified atom stereocenters. The van der Waals surface area contributed by atoms with Crippen molar-refractivity contribution in [3.63, 3.8) is 0 Å². The molecule has 0 aliphatic rings. The first-order valence-electron chi connectivity index (χ1n) is 9.01. The van der Waals surface area contributed by atoms with Gasteiger partial charge in [0.25, 0.3) is 5.91 Å². The van der Waals surface area contributed by atoms with E-state index in [4.69, 9.17) is 4.42 Å². The molecule has 140 valence electrons. The fourth-order valence-electron chi connectivity index (χ4n) is 3.21. The monoisotopic (exact) mass is 381 g/mol. The van der Waals surface area contributed by atoms with E-state index in [1.54, 1.807) is 36.7 Å². The molecule has 0 spiro atoms. The third kappa shape index (κ3) is 3.17. The number of phenolic OH excluding ortho intramolecular Hbond substituents is 1. The summed E-state index contributed by atoms with van der Waals surface area (Å²) in [7, 11) is 0. The lowest BCUT2D eigenvalue weighted by Crippen LogP contribution is -2.11. The van der Waals surface area contributed by atoms with Gasteiger partial charge in [-0.2, -0.15) is 0 Å². The van der Waals surface area contributed by atoms with Crippen LogP contribution in [0, 0.1) is 0 Å². The quantitative estimate of drug-likeness (QED) is 0.429. The van der Waals surface area contributed by atoms with Crippen molar-refractivity contribution in [3.05, 3.63) is 84.7 Å². The molecular formula is C23H15N3O3. The molecular weight excluding hydrogens is 366 g/mol. The molecule has 5 aromatic rings. The minimum absolute atomic E-state index is 0.00761. The van der Waals surface area contributed by atoms with E-state index in [1.807, 2.05) is 36.4 Å². The first-order chi connectivity index (χ1) is 14.2. The number of anilines is 1. The molecule has 0 radical (unpaired) electrons. The normalized spacial score (nSPS) is 11.0. The summed E-state index contributed by atoms with van der Waals surface area (Å²) in [5, 5.41) is 15.2. The summed E-state index contributed by atoms with van der Waals surface area (Å²) in [5.41, 5.74) is 2.62. The third-order valence-electron chi connectivity index (χ3n) is 4.69. The molecule has 0 fully saturated rings. The van der Waals surface area contributed by atoms with Crippen LogP contribution < -0.4 is 5.32 Å². The van der Waals surface area contributed by atoms with Gasteiger partial charge in [-0.15, -0.1) is 0 Å². The lowest BCUT2D eigenvalue weighted by atomic mass is 10.1. The zero-order chi connectivity index (χ0) is 19.8. The van der Waals surface area contributed by atoms with Crippen LogP contribution in [-0.2, 0) is 0 Å². The van der Waals surface area contributed by atoms with E-state index < -0.39 is 0 Å². The minimum Gasteiger partial charge on any atom is -0.507 e. The number of aromatic hydroxyl groups is 1. The highest BCUT2D eigenvalue weighted by Crippen LogP contribution is 2.33. The molecule has 0 bridgehead atoms. The van der Waals surface area contributed by atoms with Crippen molar-refractivity contribution < 1.29 is 14.3 Å². The van der Waals surface area contributed by atoms with Crippen molar-refractivity contribution in [2.45, 2.75) is 0 Å². The maximum absolute atomic E-state index is 12.7. The molecule has 0 aliphatic carbocycles. The Labute approximate surface area is 165 Å². The highest BCUT2D eigenvalue weighted by atomic mass is 16.3. The number of oxazole rings is 1. The van der Waals surface area contributed by atoms with Crippen LogP contribution in [0.5, 0.6) is 5.75 Å². The van der Waals surface area contributed by atoms with Gasteiger partial charge in [0.2, 0.25) is 5.89 Å². The Bertz CT molecular complexity index is 1340. The van der Waals surface area contributed by atoms with Crippen LogP contribution in [0.25, 0.3) is 33.3 Å². The summed E-state index contributed by atoms with van der Waals surface area (Å²) in [5.74, 6) is 0.0229. The molecule has 2 heterocycles. The lowest BCUT2D eigenvalue weighted by Gasteiger charge is -2.08. The number of nitrogens with one attached hydrogen (secondary N) is 1. The Balaban J connectivity index is 1.46. The van der Waals surface area contributed by atoms with Crippen LogP contribution in [0.2, 0.25) is 0 Å². The SMILES string of the molecule is O=C(Nc1ccc(O)c(-c2nc3cnccc3o2)c1)c1ccc2ccccc2c1. The van der Waals surface area contributed by atoms with Crippen LogP contribution in [0.1, 0.15) is 10.4 Å². The summed E-state index contributed by atoms with van der Waals surface area (Å²) < 4.78 is 5.70. The second-order valence-corrected chi connectivity index (χ2v) is 6.61. The molecule has 2 N–H and O–H groups in total. The largest absolute Gasteiger partial charge is 0.507 e. The molecule has 0 saturated heterocycles. The number of nitrogens with zero attached hydrogens (tertiary/aromatic N) is 2. The van der Waals surface area contributed by atoms with E-state index in [2.05, 4.69) is 15.3 Å². The van der Waals surface area contributed by atoms with E-state index >= 15 is 0 Å². The number of aromatic nitrogens is 2. The number of fused-ring (bicyclic) bond motifs is 2. The number of amides is 1. The minimum atomic E-state index is -0.242. The van der Waals surface area contributed by atoms with E-state index in [1.165, 1.54) is 6.07 Å². The van der Waals surface area contributed by atoms with Gasteiger partial charge in [0.1, 0.15) is 11.3 Å². The average molecular weight is 381 g/mol. The summed E-state index contributed by atoms with van der Waals surface area (Å²) in [6.45, 7) is 0. The lowest BCUT2D eigenvalue weighted by molar-refractivity contribution is 0.102. The molecule has 5 rings (SSSR count). The van der Waals surface area contributed by atoms with Crippen molar-refractivity contribution in [1.82, 2.24) is 9.97 Å². The van der Waals surface area contributed by atoms with Crippen molar-refractivity contribution in [3.8, 4) is 17.2 Å². The highest BCUT2D eigenvalue weighted by molar-refractivity contribution is 6.06. The Morgan fingerprint density at radius 1 is 0.966 bits per heavy atom. The van der Waals surface area contributed by atoms with Crippen molar-refractivity contribution in [2.24, 2.45) is 0 Å². The Morgan fingerprint density at radius 3 is 2.69 bits per heavy atom. The van der Waals surface area contributed by atoms with Gasteiger partial charge in [0, 0.05) is 23.5 Å². The van der Waals surface area contributed by atoms with Gasteiger partial charge >= 0.3 is 0 Å². The van der Waals surface area contributed by atoms with Crippen molar-refractivity contribution in [1.29, 1.82) is 0 Å². The molecule has 0 saturated carbocycles. The van der Waals surface area contributed by atoms with Gasteiger partial charge in [-0.25, -0.2) is 4.98 Å². The average Bonchev–Trinajstić information content (AvgIpc) is 3.18. The van der Waals surface area contributed by atoms with Gasteiger partial charge in [-0.05, 0) is 41.1 Å². The first kappa shape index (κ1) is 16.9. The number of rotatable bonds is 3. The third-order valence-corrected chi connectivity index (χ3v) is 4.69. The molecule has 3 aromatic carbocycles. The number of phenols is 1. The van der Waals surface area contributed by atoms with Gasteiger partial charge in [0.05, 0.1) is 11.8 Å². The van der Waals surface area contributed by atoms with Crippen LogP contribution in [-0.4, -0.2) is 21.0 Å². The van der Waals surface area contributed by atoms with E-state index in [9.17, 15) is 9.90 Å². The maximum Gasteiger partial charge on any atom is 0.255 e. The number of carbonyl (C=O) groups is 1. The van der Waals surface area contributed by atoms with Crippen molar-refractivity contribution >= 4 is 33.5 Å². The second kappa shape index (κ2) is 6.76. The summed E-state index contributed by atoms with van der Waals surface area (Å²) in [6.07, 6.45) is 3.20. The summed E-state index contributed by atoms with van der Waals surface area (Å²) >= 11 is 0. The van der Waals surface area contributed by atoms with E-state index in [0.29, 0.717) is 27.9 Å². The fraction of sp³-hybridized carbons (Fsp3) is 0. The molecule has 1 amide bonds. The number of benzene rings is 3. The Hall–Kier alpha value is -4.19. The molecule has 2 aromatic heterocycles. The predicted octanol–water partition coefficient (Wildman–Crippen LogP) is 5.00. The highest BCUT2D eigenvalue weighted by Gasteiger charge is 2.15. The molecule has 6 nitrogen and oxygen atoms in total. The second-order valence-electron chi connectivity index (χ2n) is 6.61.